The lowest BCUT2D eigenvalue weighted by molar-refractivity contribution is -0.150. The fourth-order valence-corrected chi connectivity index (χ4v) is 1.52. The van der Waals surface area contributed by atoms with E-state index in [0.717, 1.165) is 5.56 Å². The van der Waals surface area contributed by atoms with Crippen molar-refractivity contribution in [2.75, 3.05) is 0 Å². The summed E-state index contributed by atoms with van der Waals surface area (Å²) in [6.07, 6.45) is 0.666. The molecule has 0 aliphatic heterocycles. The SMILES string of the molecule is CC(OCc1ncc(-c2ccc(Cl)cc2)o1)C(=O)O. The van der Waals surface area contributed by atoms with Crippen LogP contribution in [0.25, 0.3) is 11.3 Å². The van der Waals surface area contributed by atoms with E-state index in [-0.39, 0.29) is 6.61 Å². The van der Waals surface area contributed by atoms with Gasteiger partial charge in [0.2, 0.25) is 5.89 Å². The fraction of sp³-hybridized carbons (Fsp3) is 0.231. The van der Waals surface area contributed by atoms with E-state index in [0.29, 0.717) is 16.7 Å². The number of nitrogens with zero attached hydrogens (tertiary/aromatic N) is 1. The second-order valence-electron chi connectivity index (χ2n) is 3.92. The van der Waals surface area contributed by atoms with Gasteiger partial charge in [-0.1, -0.05) is 11.6 Å². The Kier molecular flexibility index (Phi) is 4.19. The van der Waals surface area contributed by atoms with Crippen LogP contribution in [0.3, 0.4) is 0 Å². The number of aromatic nitrogens is 1. The summed E-state index contributed by atoms with van der Waals surface area (Å²) >= 11 is 5.80. The van der Waals surface area contributed by atoms with Gasteiger partial charge >= 0.3 is 5.97 Å². The molecule has 0 spiro atoms. The van der Waals surface area contributed by atoms with E-state index >= 15 is 0 Å². The van der Waals surface area contributed by atoms with Gasteiger partial charge in [-0.25, -0.2) is 9.78 Å². The first-order valence-corrected chi connectivity index (χ1v) is 5.99. The van der Waals surface area contributed by atoms with Gasteiger partial charge in [0, 0.05) is 10.6 Å². The monoisotopic (exact) mass is 281 g/mol. The number of benzene rings is 1. The molecule has 19 heavy (non-hydrogen) atoms. The quantitative estimate of drug-likeness (QED) is 0.912. The zero-order valence-corrected chi connectivity index (χ0v) is 10.9. The van der Waals surface area contributed by atoms with E-state index in [1.807, 2.05) is 12.1 Å². The average molecular weight is 282 g/mol. The molecule has 0 saturated heterocycles. The van der Waals surface area contributed by atoms with Crippen molar-refractivity contribution in [3.05, 3.63) is 41.4 Å². The van der Waals surface area contributed by atoms with Gasteiger partial charge in [0.15, 0.2) is 11.9 Å². The second kappa shape index (κ2) is 5.86. The lowest BCUT2D eigenvalue weighted by Gasteiger charge is -2.05. The van der Waals surface area contributed by atoms with E-state index < -0.39 is 12.1 Å². The van der Waals surface area contributed by atoms with Crippen molar-refractivity contribution >= 4 is 17.6 Å². The Morgan fingerprint density at radius 3 is 2.79 bits per heavy atom. The van der Waals surface area contributed by atoms with Gasteiger partial charge in [-0.15, -0.1) is 0 Å². The molecule has 0 fully saturated rings. The van der Waals surface area contributed by atoms with Gasteiger partial charge in [-0.2, -0.15) is 0 Å². The molecular weight excluding hydrogens is 270 g/mol. The van der Waals surface area contributed by atoms with Crippen LogP contribution in [0.5, 0.6) is 0 Å². The minimum atomic E-state index is -1.02. The molecule has 1 aromatic heterocycles. The first kappa shape index (κ1) is 13.6. The summed E-state index contributed by atoms with van der Waals surface area (Å²) in [5.74, 6) is -0.110. The van der Waals surface area contributed by atoms with E-state index in [4.69, 9.17) is 25.9 Å². The van der Waals surface area contributed by atoms with Crippen LogP contribution in [-0.2, 0) is 16.1 Å². The predicted molar refractivity (Wildman–Crippen MR) is 68.8 cm³/mol. The highest BCUT2D eigenvalue weighted by atomic mass is 35.5. The molecule has 0 aliphatic carbocycles. The molecule has 6 heteroatoms. The summed E-state index contributed by atoms with van der Waals surface area (Å²) in [6, 6.07) is 7.13. The topological polar surface area (TPSA) is 72.6 Å². The van der Waals surface area contributed by atoms with Crippen molar-refractivity contribution in [3.8, 4) is 11.3 Å². The summed E-state index contributed by atoms with van der Waals surface area (Å²) < 4.78 is 10.5. The highest BCUT2D eigenvalue weighted by molar-refractivity contribution is 6.30. The van der Waals surface area contributed by atoms with Crippen LogP contribution in [0.15, 0.2) is 34.9 Å². The molecule has 1 N–H and O–H groups in total. The summed E-state index contributed by atoms with van der Waals surface area (Å²) in [4.78, 5) is 14.6. The molecule has 1 aromatic carbocycles. The van der Waals surface area contributed by atoms with Crippen LogP contribution in [-0.4, -0.2) is 22.2 Å². The molecule has 100 valence electrons. The molecule has 2 aromatic rings. The fourth-order valence-electron chi connectivity index (χ4n) is 1.39. The Balaban J connectivity index is 2.03. The highest BCUT2D eigenvalue weighted by Crippen LogP contribution is 2.22. The molecule has 0 aliphatic rings. The lowest BCUT2D eigenvalue weighted by Crippen LogP contribution is -2.19. The van der Waals surface area contributed by atoms with Gasteiger partial charge < -0.3 is 14.3 Å². The highest BCUT2D eigenvalue weighted by Gasteiger charge is 2.13. The minimum Gasteiger partial charge on any atom is -0.479 e. The van der Waals surface area contributed by atoms with Gasteiger partial charge in [0.1, 0.15) is 6.61 Å². The Morgan fingerprint density at radius 2 is 2.16 bits per heavy atom. The molecule has 1 heterocycles. The Bertz CT molecular complexity index is 564. The van der Waals surface area contributed by atoms with Crippen LogP contribution in [0.2, 0.25) is 5.02 Å². The Hall–Kier alpha value is -1.85. The maximum Gasteiger partial charge on any atom is 0.332 e. The molecule has 1 unspecified atom stereocenters. The van der Waals surface area contributed by atoms with E-state index in [1.165, 1.54) is 6.92 Å². The Morgan fingerprint density at radius 1 is 1.47 bits per heavy atom. The lowest BCUT2D eigenvalue weighted by atomic mass is 10.2. The molecular formula is C13H12ClNO4. The van der Waals surface area contributed by atoms with Crippen molar-refractivity contribution in [1.82, 2.24) is 4.98 Å². The van der Waals surface area contributed by atoms with Crippen molar-refractivity contribution < 1.29 is 19.1 Å². The standard InChI is InChI=1S/C13H12ClNO4/c1-8(13(16)17)18-7-12-15-6-11(19-12)9-2-4-10(14)5-3-9/h2-6,8H,7H2,1H3,(H,16,17). The maximum absolute atomic E-state index is 10.6. The summed E-state index contributed by atoms with van der Waals surface area (Å²) in [6.45, 7) is 1.46. The largest absolute Gasteiger partial charge is 0.479 e. The first-order valence-electron chi connectivity index (χ1n) is 5.61. The number of aliphatic carboxylic acids is 1. The first-order chi connectivity index (χ1) is 9.06. The number of halogens is 1. The van der Waals surface area contributed by atoms with Gasteiger partial charge in [-0.3, -0.25) is 0 Å². The average Bonchev–Trinajstić information content (AvgIpc) is 2.85. The molecule has 1 atom stereocenters. The van der Waals surface area contributed by atoms with Crippen molar-refractivity contribution in [3.63, 3.8) is 0 Å². The number of carboxylic acids is 1. The summed E-state index contributed by atoms with van der Waals surface area (Å²) in [5.41, 5.74) is 0.842. The van der Waals surface area contributed by atoms with Crippen molar-refractivity contribution in [1.29, 1.82) is 0 Å². The van der Waals surface area contributed by atoms with E-state index in [9.17, 15) is 4.79 Å². The summed E-state index contributed by atoms with van der Waals surface area (Å²) in [7, 11) is 0. The van der Waals surface area contributed by atoms with E-state index in [2.05, 4.69) is 4.98 Å². The van der Waals surface area contributed by atoms with Crippen LogP contribution in [0.4, 0.5) is 0 Å². The smallest absolute Gasteiger partial charge is 0.332 e. The van der Waals surface area contributed by atoms with Crippen molar-refractivity contribution in [2.45, 2.75) is 19.6 Å². The van der Waals surface area contributed by atoms with Gasteiger partial charge in [-0.05, 0) is 31.2 Å². The maximum atomic E-state index is 10.6. The number of oxazole rings is 1. The van der Waals surface area contributed by atoms with Crippen LogP contribution in [0, 0.1) is 0 Å². The number of rotatable bonds is 5. The zero-order chi connectivity index (χ0) is 13.8. The van der Waals surface area contributed by atoms with Crippen LogP contribution >= 0.6 is 11.6 Å². The summed E-state index contributed by atoms with van der Waals surface area (Å²) in [5, 5.41) is 9.32. The number of ether oxygens (including phenoxy) is 1. The molecule has 0 saturated carbocycles. The normalized spacial score (nSPS) is 12.3. The number of hydrogen-bond acceptors (Lipinski definition) is 4. The van der Waals surface area contributed by atoms with Gasteiger partial charge in [0.05, 0.1) is 6.20 Å². The molecule has 0 bridgehead atoms. The van der Waals surface area contributed by atoms with Gasteiger partial charge in [0.25, 0.3) is 0 Å². The third-order valence-electron chi connectivity index (χ3n) is 2.49. The molecule has 0 amide bonds. The molecule has 0 radical (unpaired) electrons. The predicted octanol–water partition coefficient (Wildman–Crippen LogP) is 2.98. The number of carboxylic acid groups (broad SMARTS) is 1. The second-order valence-corrected chi connectivity index (χ2v) is 4.35. The number of hydrogen-bond donors (Lipinski definition) is 1. The number of carbonyl (C=O) groups is 1. The Labute approximate surface area is 114 Å². The van der Waals surface area contributed by atoms with Crippen molar-refractivity contribution in [2.24, 2.45) is 0 Å². The zero-order valence-electron chi connectivity index (χ0n) is 10.2. The van der Waals surface area contributed by atoms with E-state index in [1.54, 1.807) is 18.3 Å². The minimum absolute atomic E-state index is 0.0149. The van der Waals surface area contributed by atoms with Crippen LogP contribution < -0.4 is 0 Å². The molecule has 5 nitrogen and oxygen atoms in total. The third-order valence-corrected chi connectivity index (χ3v) is 2.74. The third kappa shape index (κ3) is 3.56. The van der Waals surface area contributed by atoms with Crippen LogP contribution in [0.1, 0.15) is 12.8 Å². The molecule has 2 rings (SSSR count).